The van der Waals surface area contributed by atoms with E-state index in [1.54, 1.807) is 0 Å². The minimum Gasteiger partial charge on any atom is -0.490 e. The van der Waals surface area contributed by atoms with Crippen molar-refractivity contribution in [1.29, 1.82) is 0 Å². The van der Waals surface area contributed by atoms with Crippen molar-refractivity contribution in [2.75, 3.05) is 5.32 Å². The highest BCUT2D eigenvalue weighted by Gasteiger charge is 2.23. The van der Waals surface area contributed by atoms with E-state index < -0.39 is 0 Å². The van der Waals surface area contributed by atoms with Crippen molar-refractivity contribution in [3.63, 3.8) is 0 Å². The number of rotatable bonds is 5. The summed E-state index contributed by atoms with van der Waals surface area (Å²) in [6.45, 7) is 2.06. The molecule has 0 saturated heterocycles. The number of aliphatic hydroxyl groups is 1. The van der Waals surface area contributed by atoms with Crippen LogP contribution in [0.5, 0.6) is 5.75 Å². The van der Waals surface area contributed by atoms with Gasteiger partial charge in [0.15, 0.2) is 0 Å². The number of hydrogen-bond donors (Lipinski definition) is 3. The lowest BCUT2D eigenvalue weighted by Gasteiger charge is -2.29. The van der Waals surface area contributed by atoms with Gasteiger partial charge in [-0.25, -0.2) is 4.79 Å². The molecule has 0 aromatic heterocycles. The Morgan fingerprint density at radius 1 is 1.04 bits per heavy atom. The van der Waals surface area contributed by atoms with Gasteiger partial charge in [-0.2, -0.15) is 0 Å². The summed E-state index contributed by atoms with van der Waals surface area (Å²) in [6.07, 6.45) is 3.81. The highest BCUT2D eigenvalue weighted by atomic mass is 16.5. The van der Waals surface area contributed by atoms with E-state index >= 15 is 0 Å². The van der Waals surface area contributed by atoms with Crippen molar-refractivity contribution in [2.24, 2.45) is 0 Å². The summed E-state index contributed by atoms with van der Waals surface area (Å²) in [6, 6.07) is 15.3. The molecule has 0 radical (unpaired) electrons. The molecule has 2 aromatic carbocycles. The molecule has 3 N–H and O–H groups in total. The third-order valence-electron chi connectivity index (χ3n) is 4.73. The maximum Gasteiger partial charge on any atom is 0.319 e. The van der Waals surface area contributed by atoms with Crippen LogP contribution in [0.2, 0.25) is 0 Å². The normalized spacial score (nSPS) is 19.6. The Labute approximate surface area is 154 Å². The standard InChI is InChI=1S/C21H26N2O3/c1-15-2-6-17(7-3-15)22-21(25)23-18-8-12-20(13-9-18)26-19-10-4-16(14-24)5-11-19/h2-7,10-11,18,20,24H,8-9,12-14H2,1H3,(H2,22,23,25). The zero-order valence-corrected chi connectivity index (χ0v) is 15.1. The number of carbonyl (C=O) groups is 1. The molecule has 0 unspecified atom stereocenters. The SMILES string of the molecule is Cc1ccc(NC(=O)NC2CCC(Oc3ccc(CO)cc3)CC2)cc1. The van der Waals surface area contributed by atoms with E-state index in [4.69, 9.17) is 9.84 Å². The summed E-state index contributed by atoms with van der Waals surface area (Å²) in [4.78, 5) is 12.1. The van der Waals surface area contributed by atoms with Gasteiger partial charge in [0.25, 0.3) is 0 Å². The van der Waals surface area contributed by atoms with Gasteiger partial charge in [-0.15, -0.1) is 0 Å². The van der Waals surface area contributed by atoms with Crippen LogP contribution in [0.1, 0.15) is 36.8 Å². The summed E-state index contributed by atoms with van der Waals surface area (Å²) in [7, 11) is 0. The van der Waals surface area contributed by atoms with Crippen LogP contribution in [0.3, 0.4) is 0 Å². The van der Waals surface area contributed by atoms with E-state index in [1.807, 2.05) is 55.5 Å². The molecule has 138 valence electrons. The van der Waals surface area contributed by atoms with Gasteiger partial charge in [0.2, 0.25) is 0 Å². The van der Waals surface area contributed by atoms with Crippen LogP contribution in [0.25, 0.3) is 0 Å². The Bertz CT molecular complexity index is 705. The lowest BCUT2D eigenvalue weighted by molar-refractivity contribution is 0.141. The molecule has 2 aromatic rings. The molecular weight excluding hydrogens is 328 g/mol. The number of aryl methyl sites for hydroxylation is 1. The number of nitrogens with one attached hydrogen (secondary N) is 2. The topological polar surface area (TPSA) is 70.6 Å². The number of amides is 2. The molecule has 1 fully saturated rings. The van der Waals surface area contributed by atoms with Gasteiger partial charge in [-0.05, 0) is 62.4 Å². The van der Waals surface area contributed by atoms with Crippen LogP contribution < -0.4 is 15.4 Å². The summed E-state index contributed by atoms with van der Waals surface area (Å²) in [5.74, 6) is 0.829. The van der Waals surface area contributed by atoms with Crippen LogP contribution in [0.15, 0.2) is 48.5 Å². The van der Waals surface area contributed by atoms with Gasteiger partial charge < -0.3 is 20.5 Å². The first-order chi connectivity index (χ1) is 12.6. The van der Waals surface area contributed by atoms with Crippen LogP contribution in [-0.4, -0.2) is 23.3 Å². The molecule has 0 aliphatic heterocycles. The van der Waals surface area contributed by atoms with E-state index in [0.717, 1.165) is 42.7 Å². The highest BCUT2D eigenvalue weighted by molar-refractivity contribution is 5.89. The first-order valence-corrected chi connectivity index (χ1v) is 9.13. The van der Waals surface area contributed by atoms with E-state index in [0.29, 0.717) is 0 Å². The van der Waals surface area contributed by atoms with Crippen molar-refractivity contribution in [1.82, 2.24) is 5.32 Å². The minimum absolute atomic E-state index is 0.0434. The second kappa shape index (κ2) is 8.72. The summed E-state index contributed by atoms with van der Waals surface area (Å²) >= 11 is 0. The molecule has 0 atom stereocenters. The van der Waals surface area contributed by atoms with Crippen LogP contribution in [-0.2, 0) is 6.61 Å². The molecule has 26 heavy (non-hydrogen) atoms. The van der Waals surface area contributed by atoms with E-state index in [1.165, 1.54) is 5.56 Å². The third kappa shape index (κ3) is 5.23. The monoisotopic (exact) mass is 354 g/mol. The highest BCUT2D eigenvalue weighted by Crippen LogP contribution is 2.24. The second-order valence-electron chi connectivity index (χ2n) is 6.86. The predicted octanol–water partition coefficient (Wildman–Crippen LogP) is 4.00. The fourth-order valence-corrected chi connectivity index (χ4v) is 3.18. The Balaban J connectivity index is 1.41. The molecule has 1 aliphatic rings. The minimum atomic E-state index is -0.155. The Kier molecular flexibility index (Phi) is 6.12. The van der Waals surface area contributed by atoms with Crippen molar-refractivity contribution >= 4 is 11.7 Å². The van der Waals surface area contributed by atoms with Gasteiger partial charge in [0.1, 0.15) is 5.75 Å². The maximum atomic E-state index is 12.1. The molecule has 1 saturated carbocycles. The molecule has 0 bridgehead atoms. The van der Waals surface area contributed by atoms with Gasteiger partial charge in [0, 0.05) is 11.7 Å². The van der Waals surface area contributed by atoms with Gasteiger partial charge in [0.05, 0.1) is 12.7 Å². The number of ether oxygens (including phenoxy) is 1. The van der Waals surface area contributed by atoms with Crippen molar-refractivity contribution in [3.8, 4) is 5.75 Å². The van der Waals surface area contributed by atoms with Gasteiger partial charge in [-0.3, -0.25) is 0 Å². The van der Waals surface area contributed by atoms with Crippen molar-refractivity contribution in [3.05, 3.63) is 59.7 Å². The molecule has 3 rings (SSSR count). The summed E-state index contributed by atoms with van der Waals surface area (Å²) < 4.78 is 6.00. The summed E-state index contributed by atoms with van der Waals surface area (Å²) in [5.41, 5.74) is 2.85. The Morgan fingerprint density at radius 3 is 2.31 bits per heavy atom. The van der Waals surface area contributed by atoms with Crippen molar-refractivity contribution in [2.45, 2.75) is 51.4 Å². The molecule has 1 aliphatic carbocycles. The van der Waals surface area contributed by atoms with E-state index in [9.17, 15) is 4.79 Å². The van der Waals surface area contributed by atoms with Crippen LogP contribution >= 0.6 is 0 Å². The largest absolute Gasteiger partial charge is 0.490 e. The average molecular weight is 354 g/mol. The molecule has 2 amide bonds. The lowest BCUT2D eigenvalue weighted by atomic mass is 9.93. The zero-order chi connectivity index (χ0) is 18.4. The average Bonchev–Trinajstić information content (AvgIpc) is 2.66. The second-order valence-corrected chi connectivity index (χ2v) is 6.86. The number of hydrogen-bond acceptors (Lipinski definition) is 3. The molecule has 0 spiro atoms. The zero-order valence-electron chi connectivity index (χ0n) is 15.1. The number of urea groups is 1. The Morgan fingerprint density at radius 2 is 1.69 bits per heavy atom. The molecular formula is C21H26N2O3. The summed E-state index contributed by atoms with van der Waals surface area (Å²) in [5, 5.41) is 15.0. The predicted molar refractivity (Wildman–Crippen MR) is 102 cm³/mol. The van der Waals surface area contributed by atoms with Crippen molar-refractivity contribution < 1.29 is 14.6 Å². The number of carbonyl (C=O) groups excluding carboxylic acids is 1. The Hall–Kier alpha value is -2.53. The first-order valence-electron chi connectivity index (χ1n) is 9.13. The van der Waals surface area contributed by atoms with Crippen LogP contribution in [0, 0.1) is 6.92 Å². The maximum absolute atomic E-state index is 12.1. The molecule has 0 heterocycles. The fraction of sp³-hybridized carbons (Fsp3) is 0.381. The molecule has 5 nitrogen and oxygen atoms in total. The molecule has 5 heteroatoms. The fourth-order valence-electron chi connectivity index (χ4n) is 3.18. The smallest absolute Gasteiger partial charge is 0.319 e. The van der Waals surface area contributed by atoms with E-state index in [2.05, 4.69) is 10.6 Å². The number of aliphatic hydroxyl groups excluding tert-OH is 1. The van der Waals surface area contributed by atoms with Gasteiger partial charge in [-0.1, -0.05) is 29.8 Å². The first kappa shape index (κ1) is 18.3. The van der Waals surface area contributed by atoms with Crippen LogP contribution in [0.4, 0.5) is 10.5 Å². The number of anilines is 1. The number of benzene rings is 2. The van der Waals surface area contributed by atoms with E-state index in [-0.39, 0.29) is 24.8 Å². The third-order valence-corrected chi connectivity index (χ3v) is 4.73. The lowest BCUT2D eigenvalue weighted by Crippen LogP contribution is -2.41. The van der Waals surface area contributed by atoms with Gasteiger partial charge >= 0.3 is 6.03 Å². The quantitative estimate of drug-likeness (QED) is 0.760.